The van der Waals surface area contributed by atoms with Gasteiger partial charge in [0.1, 0.15) is 34.6 Å². The Hall–Kier alpha value is -4.83. The van der Waals surface area contributed by atoms with Crippen LogP contribution in [0.25, 0.3) is 28.0 Å². The highest BCUT2D eigenvalue weighted by atomic mass is 32.2. The number of fused-ring (bicyclic) bond motifs is 1. The molecule has 0 bridgehead atoms. The standard InChI is InChI=1S/C32H22N4OS/c1-37-25-14-11-23(12-15-25)29-17-27(21-7-3-2-4-8-21)28(20-35)32(36-29)38-30-16-13-22-9-5-6-10-26(22)31(30)24(18-33)19-34/h2-12,14-15,17,30H,13,16H2,1H3. The van der Waals surface area contributed by atoms with E-state index in [0.717, 1.165) is 52.1 Å². The van der Waals surface area contributed by atoms with Gasteiger partial charge in [0.2, 0.25) is 0 Å². The highest BCUT2D eigenvalue weighted by molar-refractivity contribution is 8.00. The second-order valence-corrected chi connectivity index (χ2v) is 9.95. The molecule has 1 unspecified atom stereocenters. The lowest BCUT2D eigenvalue weighted by atomic mass is 9.85. The van der Waals surface area contributed by atoms with Crippen LogP contribution < -0.4 is 4.74 Å². The van der Waals surface area contributed by atoms with Crippen molar-refractivity contribution in [2.24, 2.45) is 0 Å². The van der Waals surface area contributed by atoms with Crippen molar-refractivity contribution < 1.29 is 4.74 Å². The first-order valence-electron chi connectivity index (χ1n) is 12.1. The van der Waals surface area contributed by atoms with Crippen molar-refractivity contribution in [3.05, 3.63) is 107 Å². The molecule has 0 saturated carbocycles. The van der Waals surface area contributed by atoms with Crippen LogP contribution in [-0.2, 0) is 6.42 Å². The van der Waals surface area contributed by atoms with Gasteiger partial charge in [-0.05, 0) is 59.9 Å². The lowest BCUT2D eigenvalue weighted by Gasteiger charge is -2.28. The van der Waals surface area contributed by atoms with Crippen LogP contribution in [0.1, 0.15) is 23.1 Å². The summed E-state index contributed by atoms with van der Waals surface area (Å²) in [4.78, 5) is 4.96. The maximum atomic E-state index is 10.3. The Morgan fingerprint density at radius 1 is 0.868 bits per heavy atom. The molecule has 182 valence electrons. The number of hydrogen-bond acceptors (Lipinski definition) is 6. The van der Waals surface area contributed by atoms with Crippen molar-refractivity contribution in [3.8, 4) is 46.3 Å². The average molecular weight is 511 g/mol. The van der Waals surface area contributed by atoms with Crippen molar-refractivity contribution in [2.75, 3.05) is 7.11 Å². The number of hydrogen-bond donors (Lipinski definition) is 0. The summed E-state index contributed by atoms with van der Waals surface area (Å²) in [5, 5.41) is 30.3. The van der Waals surface area contributed by atoms with Crippen molar-refractivity contribution in [1.29, 1.82) is 15.8 Å². The van der Waals surface area contributed by atoms with E-state index in [1.807, 2.05) is 84.9 Å². The Morgan fingerprint density at radius 2 is 1.58 bits per heavy atom. The molecule has 1 atom stereocenters. The summed E-state index contributed by atoms with van der Waals surface area (Å²) in [5.41, 5.74) is 6.67. The van der Waals surface area contributed by atoms with Crippen LogP contribution in [0, 0.1) is 34.0 Å². The quantitative estimate of drug-likeness (QED) is 0.264. The van der Waals surface area contributed by atoms with E-state index < -0.39 is 0 Å². The van der Waals surface area contributed by atoms with Gasteiger partial charge >= 0.3 is 0 Å². The first-order chi connectivity index (χ1) is 18.7. The minimum absolute atomic E-state index is 0.0998. The number of nitrogens with zero attached hydrogens (tertiary/aromatic N) is 4. The number of allylic oxidation sites excluding steroid dienone is 1. The number of rotatable bonds is 5. The van der Waals surface area contributed by atoms with E-state index in [1.54, 1.807) is 7.11 Å². The van der Waals surface area contributed by atoms with Gasteiger partial charge in [0.15, 0.2) is 0 Å². The smallest absolute Gasteiger partial charge is 0.134 e. The number of pyridine rings is 1. The summed E-state index contributed by atoms with van der Waals surface area (Å²) in [6.45, 7) is 0. The highest BCUT2D eigenvalue weighted by Gasteiger charge is 2.30. The molecule has 6 heteroatoms. The van der Waals surface area contributed by atoms with Gasteiger partial charge in [-0.15, -0.1) is 0 Å². The number of thioether (sulfide) groups is 1. The normalized spacial score (nSPS) is 13.9. The maximum Gasteiger partial charge on any atom is 0.134 e. The predicted octanol–water partition coefficient (Wildman–Crippen LogP) is 7.20. The number of aryl methyl sites for hydroxylation is 1. The van der Waals surface area contributed by atoms with Crippen molar-refractivity contribution in [2.45, 2.75) is 23.1 Å². The van der Waals surface area contributed by atoms with Crippen LogP contribution in [0.3, 0.4) is 0 Å². The van der Waals surface area contributed by atoms with Crippen LogP contribution in [0.5, 0.6) is 5.75 Å². The monoisotopic (exact) mass is 510 g/mol. The molecule has 0 spiro atoms. The molecular weight excluding hydrogens is 488 g/mol. The Kier molecular flexibility index (Phi) is 7.23. The number of nitriles is 3. The largest absolute Gasteiger partial charge is 0.497 e. The van der Waals surface area contributed by atoms with E-state index >= 15 is 0 Å². The Bertz CT molecular complexity index is 1640. The Balaban J connectivity index is 1.68. The minimum Gasteiger partial charge on any atom is -0.497 e. The molecule has 1 heterocycles. The molecule has 0 radical (unpaired) electrons. The van der Waals surface area contributed by atoms with Crippen LogP contribution in [0.4, 0.5) is 0 Å². The average Bonchev–Trinajstić information content (AvgIpc) is 2.98. The molecule has 3 aromatic carbocycles. The summed E-state index contributed by atoms with van der Waals surface area (Å²) in [5.74, 6) is 0.747. The zero-order chi connectivity index (χ0) is 26.5. The van der Waals surface area contributed by atoms with Gasteiger partial charge < -0.3 is 4.74 Å². The van der Waals surface area contributed by atoms with Crippen molar-refractivity contribution in [1.82, 2.24) is 4.98 Å². The lowest BCUT2D eigenvalue weighted by molar-refractivity contribution is 0.415. The summed E-state index contributed by atoms with van der Waals surface area (Å²) in [7, 11) is 1.63. The van der Waals surface area contributed by atoms with E-state index in [-0.39, 0.29) is 10.8 Å². The maximum absolute atomic E-state index is 10.3. The summed E-state index contributed by atoms with van der Waals surface area (Å²) >= 11 is 1.45. The molecule has 0 fully saturated rings. The Morgan fingerprint density at radius 3 is 2.26 bits per heavy atom. The van der Waals surface area contributed by atoms with Gasteiger partial charge in [-0.1, -0.05) is 66.4 Å². The molecule has 1 aliphatic carbocycles. The molecule has 0 N–H and O–H groups in total. The predicted molar refractivity (Wildman–Crippen MR) is 149 cm³/mol. The molecule has 5 rings (SSSR count). The SMILES string of the molecule is COc1ccc(-c2cc(-c3ccccc3)c(C#N)c(SC3CCc4ccccc4C3=C(C#N)C#N)n2)cc1. The van der Waals surface area contributed by atoms with Crippen LogP contribution in [-0.4, -0.2) is 17.3 Å². The second-order valence-electron chi connectivity index (χ2n) is 8.76. The fraction of sp³-hybridized carbons (Fsp3) is 0.125. The lowest BCUT2D eigenvalue weighted by Crippen LogP contribution is -2.17. The van der Waals surface area contributed by atoms with Gasteiger partial charge in [0.05, 0.1) is 18.4 Å². The first kappa shape index (κ1) is 24.8. The van der Waals surface area contributed by atoms with Gasteiger partial charge in [0, 0.05) is 21.9 Å². The number of ether oxygens (including phenoxy) is 1. The van der Waals surface area contributed by atoms with E-state index in [9.17, 15) is 15.8 Å². The summed E-state index contributed by atoms with van der Waals surface area (Å²) in [6.07, 6.45) is 1.54. The fourth-order valence-corrected chi connectivity index (χ4v) is 6.06. The van der Waals surface area contributed by atoms with Gasteiger partial charge in [-0.2, -0.15) is 15.8 Å². The van der Waals surface area contributed by atoms with E-state index in [0.29, 0.717) is 16.2 Å². The molecular formula is C32H22N4OS. The van der Waals surface area contributed by atoms with E-state index in [1.165, 1.54) is 11.8 Å². The van der Waals surface area contributed by atoms with Gasteiger partial charge in [0.25, 0.3) is 0 Å². The van der Waals surface area contributed by atoms with Crippen LogP contribution in [0.2, 0.25) is 0 Å². The third kappa shape index (κ3) is 4.76. The second kappa shape index (κ2) is 11.1. The zero-order valence-electron chi connectivity index (χ0n) is 20.7. The first-order valence-corrected chi connectivity index (χ1v) is 13.0. The van der Waals surface area contributed by atoms with Gasteiger partial charge in [-0.25, -0.2) is 4.98 Å². The van der Waals surface area contributed by atoms with Gasteiger partial charge in [-0.3, -0.25) is 0 Å². The van der Waals surface area contributed by atoms with Crippen LogP contribution >= 0.6 is 11.8 Å². The number of methoxy groups -OCH3 is 1. The third-order valence-corrected chi connectivity index (χ3v) is 7.90. The van der Waals surface area contributed by atoms with Crippen LogP contribution in [0.15, 0.2) is 95.5 Å². The summed E-state index contributed by atoms with van der Waals surface area (Å²) < 4.78 is 5.32. The number of benzene rings is 3. The topological polar surface area (TPSA) is 93.5 Å². The molecule has 1 aliphatic rings. The fourth-order valence-electron chi connectivity index (χ4n) is 4.77. The summed E-state index contributed by atoms with van der Waals surface area (Å²) in [6, 6.07) is 33.9. The minimum atomic E-state index is -0.200. The third-order valence-electron chi connectivity index (χ3n) is 6.62. The van der Waals surface area contributed by atoms with E-state index in [4.69, 9.17) is 9.72 Å². The molecule has 0 aliphatic heterocycles. The highest BCUT2D eigenvalue weighted by Crippen LogP contribution is 2.44. The molecule has 5 nitrogen and oxygen atoms in total. The molecule has 38 heavy (non-hydrogen) atoms. The molecule has 1 aromatic heterocycles. The van der Waals surface area contributed by atoms with E-state index in [2.05, 4.69) is 18.2 Å². The van der Waals surface area contributed by atoms with Crippen molar-refractivity contribution in [3.63, 3.8) is 0 Å². The molecule has 0 saturated heterocycles. The Labute approximate surface area is 226 Å². The zero-order valence-corrected chi connectivity index (χ0v) is 21.5. The molecule has 0 amide bonds. The molecule has 4 aromatic rings. The number of aromatic nitrogens is 1. The van der Waals surface area contributed by atoms with Crippen molar-refractivity contribution >= 4 is 17.3 Å².